The van der Waals surface area contributed by atoms with Crippen molar-refractivity contribution in [2.75, 3.05) is 6.54 Å². The minimum atomic E-state index is 0. The highest BCUT2D eigenvalue weighted by molar-refractivity contribution is 5.75. The molecule has 9 heavy (non-hydrogen) atoms. The summed E-state index contributed by atoms with van der Waals surface area (Å²) in [6.45, 7) is 0.683. The van der Waals surface area contributed by atoms with E-state index in [0.29, 0.717) is 6.54 Å². The van der Waals surface area contributed by atoms with Gasteiger partial charge in [0.05, 0.1) is 6.33 Å². The Kier molecular flexibility index (Phi) is 4.42. The summed E-state index contributed by atoms with van der Waals surface area (Å²) in [6, 6.07) is 0. The molecule has 0 spiro atoms. The van der Waals surface area contributed by atoms with Crippen molar-refractivity contribution in [3.63, 3.8) is 0 Å². The molecule has 0 bridgehead atoms. The van der Waals surface area contributed by atoms with Gasteiger partial charge in [-0.1, -0.05) is 0 Å². The standard InChI is InChI=1S/C5H9N3.Al/c6-2-1-5-3-7-4-8-5;/h3-4H,1-2,6H2,(H,7,8);. The van der Waals surface area contributed by atoms with Crippen molar-refractivity contribution in [2.24, 2.45) is 5.73 Å². The van der Waals surface area contributed by atoms with Crippen LogP contribution in [0.25, 0.3) is 0 Å². The summed E-state index contributed by atoms with van der Waals surface area (Å²) in [5, 5.41) is 0. The van der Waals surface area contributed by atoms with Crippen LogP contribution in [0.15, 0.2) is 12.5 Å². The van der Waals surface area contributed by atoms with Gasteiger partial charge in [-0.15, -0.1) is 0 Å². The van der Waals surface area contributed by atoms with Crippen LogP contribution in [0.4, 0.5) is 0 Å². The molecule has 0 saturated carbocycles. The van der Waals surface area contributed by atoms with Crippen molar-refractivity contribution >= 4 is 17.4 Å². The predicted octanol–water partition coefficient (Wildman–Crippen LogP) is -0.470. The molecule has 47 valence electrons. The molecule has 3 nitrogen and oxygen atoms in total. The molecule has 0 amide bonds. The van der Waals surface area contributed by atoms with E-state index in [0.717, 1.165) is 12.1 Å². The first-order valence-electron chi connectivity index (χ1n) is 2.61. The van der Waals surface area contributed by atoms with E-state index in [4.69, 9.17) is 5.73 Å². The van der Waals surface area contributed by atoms with Crippen LogP contribution < -0.4 is 5.73 Å². The zero-order valence-corrected chi connectivity index (χ0v) is 6.33. The van der Waals surface area contributed by atoms with Gasteiger partial charge in [0.2, 0.25) is 0 Å². The Morgan fingerprint density at radius 1 is 1.67 bits per heavy atom. The summed E-state index contributed by atoms with van der Waals surface area (Å²) in [5.74, 6) is 0. The maximum absolute atomic E-state index is 5.27. The Morgan fingerprint density at radius 2 is 2.44 bits per heavy atom. The quantitative estimate of drug-likeness (QED) is 0.543. The molecule has 0 aliphatic rings. The number of imidazole rings is 1. The van der Waals surface area contributed by atoms with Gasteiger partial charge >= 0.3 is 0 Å². The number of aromatic nitrogens is 2. The number of nitrogens with zero attached hydrogens (tertiary/aromatic N) is 1. The molecule has 0 saturated heterocycles. The summed E-state index contributed by atoms with van der Waals surface area (Å²) in [4.78, 5) is 6.78. The number of hydrogen-bond acceptors (Lipinski definition) is 2. The fourth-order valence-corrected chi connectivity index (χ4v) is 0.577. The molecule has 0 atom stereocenters. The number of rotatable bonds is 2. The summed E-state index contributed by atoms with van der Waals surface area (Å²) in [7, 11) is 0. The first-order valence-corrected chi connectivity index (χ1v) is 2.61. The van der Waals surface area contributed by atoms with Gasteiger partial charge in [-0.2, -0.15) is 0 Å². The van der Waals surface area contributed by atoms with E-state index in [2.05, 4.69) is 9.97 Å². The average molecular weight is 138 g/mol. The summed E-state index contributed by atoms with van der Waals surface area (Å²) < 4.78 is 0. The van der Waals surface area contributed by atoms with Crippen molar-refractivity contribution in [1.29, 1.82) is 0 Å². The second-order valence-electron chi connectivity index (χ2n) is 1.62. The van der Waals surface area contributed by atoms with Crippen LogP contribution in [0.1, 0.15) is 5.69 Å². The lowest BCUT2D eigenvalue weighted by Gasteiger charge is -1.86. The highest BCUT2D eigenvalue weighted by Crippen LogP contribution is 1.88. The van der Waals surface area contributed by atoms with Gasteiger partial charge in [0.25, 0.3) is 0 Å². The minimum absolute atomic E-state index is 0. The molecule has 0 aromatic carbocycles. The maximum Gasteiger partial charge on any atom is 0.0921 e. The Balaban J connectivity index is 0.000000640. The van der Waals surface area contributed by atoms with E-state index in [-0.39, 0.29) is 17.4 Å². The van der Waals surface area contributed by atoms with Crippen molar-refractivity contribution in [1.82, 2.24) is 9.97 Å². The average Bonchev–Trinajstić information content (AvgIpc) is 2.19. The second-order valence-corrected chi connectivity index (χ2v) is 1.62. The smallest absolute Gasteiger partial charge is 0.0921 e. The van der Waals surface area contributed by atoms with Crippen LogP contribution >= 0.6 is 0 Å². The second kappa shape index (κ2) is 4.57. The molecule has 1 aromatic heterocycles. The van der Waals surface area contributed by atoms with Gasteiger partial charge in [0, 0.05) is 35.7 Å². The molecule has 4 heteroatoms. The molecule has 0 aliphatic heterocycles. The molecule has 0 aliphatic carbocycles. The van der Waals surface area contributed by atoms with Gasteiger partial charge in [-0.25, -0.2) is 4.98 Å². The van der Waals surface area contributed by atoms with Crippen LogP contribution in [-0.2, 0) is 6.42 Å². The molecule has 3 radical (unpaired) electrons. The number of H-pyrrole nitrogens is 1. The van der Waals surface area contributed by atoms with E-state index < -0.39 is 0 Å². The lowest BCUT2D eigenvalue weighted by molar-refractivity contribution is 0.935. The lowest BCUT2D eigenvalue weighted by atomic mass is 10.3. The van der Waals surface area contributed by atoms with Crippen molar-refractivity contribution < 1.29 is 0 Å². The number of nitrogens with two attached hydrogens (primary N) is 1. The fourth-order valence-electron chi connectivity index (χ4n) is 0.577. The minimum Gasteiger partial charge on any atom is -0.348 e. The normalized spacial score (nSPS) is 8.56. The van der Waals surface area contributed by atoms with Crippen LogP contribution in [-0.4, -0.2) is 33.9 Å². The zero-order valence-electron chi connectivity index (χ0n) is 5.17. The van der Waals surface area contributed by atoms with E-state index in [1.807, 2.05) is 0 Å². The highest BCUT2D eigenvalue weighted by atomic mass is 27.0. The molecular formula is C5H9AlN3. The zero-order chi connectivity index (χ0) is 5.82. The molecule has 1 rings (SSSR count). The Labute approximate surface area is 64.8 Å². The summed E-state index contributed by atoms with van der Waals surface area (Å²) in [5.41, 5.74) is 6.38. The SMILES string of the molecule is NCCc1cnc[nH]1.[Al]. The monoisotopic (exact) mass is 138 g/mol. The number of aromatic amines is 1. The van der Waals surface area contributed by atoms with Crippen LogP contribution in [0.3, 0.4) is 0 Å². The largest absolute Gasteiger partial charge is 0.348 e. The Bertz CT molecular complexity index is 138. The van der Waals surface area contributed by atoms with Gasteiger partial charge < -0.3 is 10.7 Å². The van der Waals surface area contributed by atoms with Crippen molar-refractivity contribution in [2.45, 2.75) is 6.42 Å². The summed E-state index contributed by atoms with van der Waals surface area (Å²) in [6.07, 6.45) is 4.33. The van der Waals surface area contributed by atoms with E-state index in [1.54, 1.807) is 12.5 Å². The van der Waals surface area contributed by atoms with Gasteiger partial charge in [0.1, 0.15) is 0 Å². The third-order valence-electron chi connectivity index (χ3n) is 0.969. The first kappa shape index (κ1) is 8.70. The molecule has 0 unspecified atom stereocenters. The van der Waals surface area contributed by atoms with Gasteiger partial charge in [-0.3, -0.25) is 0 Å². The van der Waals surface area contributed by atoms with E-state index in [1.165, 1.54) is 0 Å². The highest BCUT2D eigenvalue weighted by Gasteiger charge is 1.86. The maximum atomic E-state index is 5.27. The third-order valence-corrected chi connectivity index (χ3v) is 0.969. The molecule has 3 N–H and O–H groups in total. The molecule has 0 fully saturated rings. The summed E-state index contributed by atoms with van der Waals surface area (Å²) >= 11 is 0. The lowest BCUT2D eigenvalue weighted by Crippen LogP contribution is -2.02. The Morgan fingerprint density at radius 3 is 2.89 bits per heavy atom. The Hall–Kier alpha value is -0.298. The van der Waals surface area contributed by atoms with Crippen LogP contribution in [0, 0.1) is 0 Å². The molecular weight excluding hydrogens is 129 g/mol. The van der Waals surface area contributed by atoms with Crippen molar-refractivity contribution in [3.8, 4) is 0 Å². The topological polar surface area (TPSA) is 54.7 Å². The fraction of sp³-hybridized carbons (Fsp3) is 0.400. The molecule has 1 heterocycles. The van der Waals surface area contributed by atoms with Crippen LogP contribution in [0.2, 0.25) is 0 Å². The van der Waals surface area contributed by atoms with E-state index in [9.17, 15) is 0 Å². The number of nitrogens with one attached hydrogen (secondary N) is 1. The predicted molar refractivity (Wildman–Crippen MR) is 37.1 cm³/mol. The third kappa shape index (κ3) is 2.66. The first-order chi connectivity index (χ1) is 3.93. The van der Waals surface area contributed by atoms with Crippen LogP contribution in [0.5, 0.6) is 0 Å². The van der Waals surface area contributed by atoms with Crippen molar-refractivity contribution in [3.05, 3.63) is 18.2 Å². The van der Waals surface area contributed by atoms with Gasteiger partial charge in [0.15, 0.2) is 0 Å². The molecule has 1 aromatic rings. The van der Waals surface area contributed by atoms with E-state index >= 15 is 0 Å². The number of hydrogen-bond donors (Lipinski definition) is 2. The van der Waals surface area contributed by atoms with Gasteiger partial charge in [-0.05, 0) is 6.54 Å².